The fourth-order valence-corrected chi connectivity index (χ4v) is 3.46. The van der Waals surface area contributed by atoms with Crippen LogP contribution in [0.3, 0.4) is 0 Å². The van der Waals surface area contributed by atoms with E-state index in [1.54, 1.807) is 12.1 Å². The van der Waals surface area contributed by atoms with Crippen molar-refractivity contribution in [2.45, 2.75) is 19.4 Å². The first-order chi connectivity index (χ1) is 13.8. The van der Waals surface area contributed by atoms with E-state index in [-0.39, 0.29) is 24.3 Å². The normalized spacial score (nSPS) is 15.3. The van der Waals surface area contributed by atoms with Crippen LogP contribution in [0.1, 0.15) is 33.1 Å². The first-order valence-corrected chi connectivity index (χ1v) is 8.93. The van der Waals surface area contributed by atoms with Crippen molar-refractivity contribution >= 4 is 23.5 Å². The first-order valence-electron chi connectivity index (χ1n) is 8.93. The van der Waals surface area contributed by atoms with Crippen LogP contribution < -0.4 is 5.32 Å². The molecule has 0 saturated carbocycles. The fourth-order valence-electron chi connectivity index (χ4n) is 3.46. The molecule has 0 aliphatic carbocycles. The molecule has 0 saturated heterocycles. The second-order valence-corrected chi connectivity index (χ2v) is 6.72. The van der Waals surface area contributed by atoms with Gasteiger partial charge in [-0.2, -0.15) is 0 Å². The maximum atomic E-state index is 12.6. The Morgan fingerprint density at radius 3 is 2.62 bits per heavy atom. The Kier molecular flexibility index (Phi) is 5.58. The van der Waals surface area contributed by atoms with E-state index in [9.17, 15) is 29.6 Å². The van der Waals surface area contributed by atoms with Gasteiger partial charge in [-0.3, -0.25) is 19.7 Å². The zero-order valence-electron chi connectivity index (χ0n) is 15.6. The molecule has 1 unspecified atom stereocenters. The van der Waals surface area contributed by atoms with Gasteiger partial charge in [-0.15, -0.1) is 0 Å². The van der Waals surface area contributed by atoms with E-state index in [1.165, 1.54) is 30.0 Å². The minimum Gasteiger partial charge on any atom is -0.479 e. The van der Waals surface area contributed by atoms with Crippen molar-refractivity contribution < 1.29 is 24.4 Å². The highest BCUT2D eigenvalue weighted by atomic mass is 16.6. The van der Waals surface area contributed by atoms with E-state index in [1.807, 2.05) is 12.1 Å². The van der Waals surface area contributed by atoms with Gasteiger partial charge >= 0.3 is 5.97 Å². The molecule has 29 heavy (non-hydrogen) atoms. The summed E-state index contributed by atoms with van der Waals surface area (Å²) in [5.74, 6) is -2.22. The number of carboxylic acid groups (broad SMARTS) is 1. The third-order valence-electron chi connectivity index (χ3n) is 4.89. The summed E-state index contributed by atoms with van der Waals surface area (Å²) in [5, 5.41) is 23.0. The zero-order valence-corrected chi connectivity index (χ0v) is 15.6. The summed E-state index contributed by atoms with van der Waals surface area (Å²) in [6.07, 6.45) is 0.529. The molecule has 2 aromatic rings. The standard InChI is InChI=1S/C20H19N3O6/c1-12-10-14(6-7-16(12)23(28)29)19(25)21-11-17(24)22-9-8-13-4-2-3-5-15(13)18(22)20(26)27/h2-7,10,18H,8-9,11H2,1H3,(H,21,25)(H,26,27). The number of nitrogens with one attached hydrogen (secondary N) is 1. The number of nitrogens with zero attached hydrogens (tertiary/aromatic N) is 2. The maximum Gasteiger partial charge on any atom is 0.331 e. The summed E-state index contributed by atoms with van der Waals surface area (Å²) in [4.78, 5) is 48.3. The van der Waals surface area contributed by atoms with E-state index in [4.69, 9.17) is 0 Å². The van der Waals surface area contributed by atoms with Crippen LogP contribution in [0.4, 0.5) is 5.69 Å². The molecule has 2 N–H and O–H groups in total. The van der Waals surface area contributed by atoms with Gasteiger partial charge < -0.3 is 15.3 Å². The monoisotopic (exact) mass is 397 g/mol. The van der Waals surface area contributed by atoms with Crippen LogP contribution in [0.5, 0.6) is 0 Å². The lowest BCUT2D eigenvalue weighted by atomic mass is 9.92. The Labute approximate surface area is 166 Å². The molecular weight excluding hydrogens is 378 g/mol. The predicted molar refractivity (Wildman–Crippen MR) is 102 cm³/mol. The smallest absolute Gasteiger partial charge is 0.331 e. The molecule has 0 radical (unpaired) electrons. The maximum absolute atomic E-state index is 12.6. The van der Waals surface area contributed by atoms with E-state index >= 15 is 0 Å². The molecular formula is C20H19N3O6. The molecule has 1 aliphatic heterocycles. The molecule has 9 heteroatoms. The SMILES string of the molecule is Cc1cc(C(=O)NCC(=O)N2CCc3ccccc3C2C(=O)O)ccc1[N+](=O)[O-]. The van der Waals surface area contributed by atoms with Crippen molar-refractivity contribution in [3.63, 3.8) is 0 Å². The van der Waals surface area contributed by atoms with Crippen molar-refractivity contribution in [3.8, 4) is 0 Å². The average Bonchev–Trinajstić information content (AvgIpc) is 2.70. The van der Waals surface area contributed by atoms with Crippen LogP contribution in [0.25, 0.3) is 0 Å². The molecule has 0 bridgehead atoms. The van der Waals surface area contributed by atoms with E-state index in [2.05, 4.69) is 5.32 Å². The number of amides is 2. The Bertz CT molecular complexity index is 1000. The van der Waals surface area contributed by atoms with Gasteiger partial charge in [0.2, 0.25) is 5.91 Å². The van der Waals surface area contributed by atoms with Crippen molar-refractivity contribution in [2.75, 3.05) is 13.1 Å². The molecule has 2 aromatic carbocycles. The lowest BCUT2D eigenvalue weighted by Crippen LogP contribution is -2.47. The second-order valence-electron chi connectivity index (χ2n) is 6.72. The number of hydrogen-bond donors (Lipinski definition) is 2. The van der Waals surface area contributed by atoms with Crippen LogP contribution in [0, 0.1) is 17.0 Å². The van der Waals surface area contributed by atoms with E-state index in [0.29, 0.717) is 17.5 Å². The highest BCUT2D eigenvalue weighted by Gasteiger charge is 2.35. The van der Waals surface area contributed by atoms with Crippen LogP contribution in [0.2, 0.25) is 0 Å². The summed E-state index contributed by atoms with van der Waals surface area (Å²) < 4.78 is 0. The summed E-state index contributed by atoms with van der Waals surface area (Å²) >= 11 is 0. The van der Waals surface area contributed by atoms with Gasteiger partial charge in [0.1, 0.15) is 0 Å². The summed E-state index contributed by atoms with van der Waals surface area (Å²) in [7, 11) is 0. The molecule has 9 nitrogen and oxygen atoms in total. The van der Waals surface area contributed by atoms with Gasteiger partial charge in [-0.05, 0) is 36.6 Å². The number of carbonyl (C=O) groups is 3. The Morgan fingerprint density at radius 1 is 1.24 bits per heavy atom. The van der Waals surface area contributed by atoms with Gasteiger partial charge in [0, 0.05) is 23.7 Å². The van der Waals surface area contributed by atoms with Crippen molar-refractivity contribution in [1.29, 1.82) is 0 Å². The Balaban J connectivity index is 1.70. The molecule has 3 rings (SSSR count). The largest absolute Gasteiger partial charge is 0.479 e. The van der Waals surface area contributed by atoms with E-state index in [0.717, 1.165) is 5.56 Å². The van der Waals surface area contributed by atoms with Gasteiger partial charge in [-0.25, -0.2) is 4.79 Å². The van der Waals surface area contributed by atoms with Crippen molar-refractivity contribution in [3.05, 3.63) is 74.8 Å². The Morgan fingerprint density at radius 2 is 1.97 bits per heavy atom. The summed E-state index contributed by atoms with van der Waals surface area (Å²) in [5.41, 5.74) is 1.85. The average molecular weight is 397 g/mol. The number of nitro benzene ring substituents is 1. The third kappa shape index (κ3) is 4.08. The number of aliphatic carboxylic acids is 1. The van der Waals surface area contributed by atoms with Crippen LogP contribution >= 0.6 is 0 Å². The second kappa shape index (κ2) is 8.09. The summed E-state index contributed by atoms with van der Waals surface area (Å²) in [6, 6.07) is 9.87. The van der Waals surface area contributed by atoms with Crippen LogP contribution in [-0.2, 0) is 16.0 Å². The van der Waals surface area contributed by atoms with E-state index < -0.39 is 28.7 Å². The molecule has 1 heterocycles. The number of rotatable bonds is 5. The predicted octanol–water partition coefficient (Wildman–Crippen LogP) is 1.84. The van der Waals surface area contributed by atoms with Gasteiger partial charge in [0.15, 0.2) is 6.04 Å². The number of carboxylic acids is 1. The van der Waals surface area contributed by atoms with Crippen molar-refractivity contribution in [1.82, 2.24) is 10.2 Å². The van der Waals surface area contributed by atoms with Crippen molar-refractivity contribution in [2.24, 2.45) is 0 Å². The molecule has 0 fully saturated rings. The molecule has 2 amide bonds. The number of aryl methyl sites for hydroxylation is 1. The fraction of sp³-hybridized carbons (Fsp3) is 0.250. The topological polar surface area (TPSA) is 130 Å². The zero-order chi connectivity index (χ0) is 21.1. The molecule has 150 valence electrons. The molecule has 0 aromatic heterocycles. The van der Waals surface area contributed by atoms with Gasteiger partial charge in [0.05, 0.1) is 11.5 Å². The lowest BCUT2D eigenvalue weighted by Gasteiger charge is -2.34. The molecule has 0 spiro atoms. The van der Waals surface area contributed by atoms with Gasteiger partial charge in [-0.1, -0.05) is 24.3 Å². The Hall–Kier alpha value is -3.75. The number of carbonyl (C=O) groups excluding carboxylic acids is 2. The number of nitro groups is 1. The van der Waals surface area contributed by atoms with Crippen LogP contribution in [-0.4, -0.2) is 45.8 Å². The number of hydrogen-bond acceptors (Lipinski definition) is 5. The minimum atomic E-state index is -1.14. The third-order valence-corrected chi connectivity index (χ3v) is 4.89. The number of fused-ring (bicyclic) bond motifs is 1. The highest BCUT2D eigenvalue weighted by molar-refractivity contribution is 5.97. The molecule has 1 atom stereocenters. The molecule has 1 aliphatic rings. The van der Waals surface area contributed by atoms with Gasteiger partial charge in [0.25, 0.3) is 11.6 Å². The number of benzene rings is 2. The highest BCUT2D eigenvalue weighted by Crippen LogP contribution is 2.29. The summed E-state index contributed by atoms with van der Waals surface area (Å²) in [6.45, 7) is 1.38. The first kappa shape index (κ1) is 20.0. The van der Waals surface area contributed by atoms with Crippen LogP contribution in [0.15, 0.2) is 42.5 Å². The quantitative estimate of drug-likeness (QED) is 0.585. The minimum absolute atomic E-state index is 0.103. The lowest BCUT2D eigenvalue weighted by molar-refractivity contribution is -0.385.